The van der Waals surface area contributed by atoms with Gasteiger partial charge >= 0.3 is 0 Å². The van der Waals surface area contributed by atoms with E-state index in [0.717, 1.165) is 4.47 Å². The van der Waals surface area contributed by atoms with Crippen LogP contribution < -0.4 is 19.5 Å². The van der Waals surface area contributed by atoms with Gasteiger partial charge in [0.15, 0.2) is 18.1 Å². The van der Waals surface area contributed by atoms with Crippen LogP contribution in [0.1, 0.15) is 0 Å². The zero-order chi connectivity index (χ0) is 14.7. The molecular formula is C15H12BrNO4. The fraction of sp³-hybridized carbons (Fsp3) is 0.133. The SMILES string of the molecule is O=C(COc1ccccc1Br)Nc1ccc2c(c1)OCO2. The topological polar surface area (TPSA) is 56.8 Å². The van der Waals surface area contributed by atoms with Gasteiger partial charge in [-0.25, -0.2) is 0 Å². The zero-order valence-electron chi connectivity index (χ0n) is 11.0. The monoisotopic (exact) mass is 349 g/mol. The number of carbonyl (C=O) groups is 1. The van der Waals surface area contributed by atoms with Gasteiger partial charge in [-0.3, -0.25) is 4.79 Å². The van der Waals surface area contributed by atoms with Crippen molar-refractivity contribution in [3.63, 3.8) is 0 Å². The Labute approximate surface area is 129 Å². The second-order valence-corrected chi connectivity index (χ2v) is 5.19. The van der Waals surface area contributed by atoms with Crippen molar-refractivity contribution in [2.24, 2.45) is 0 Å². The quantitative estimate of drug-likeness (QED) is 0.920. The Morgan fingerprint density at radius 2 is 2.00 bits per heavy atom. The number of ether oxygens (including phenoxy) is 3. The molecule has 0 saturated carbocycles. The molecule has 2 aromatic rings. The second-order valence-electron chi connectivity index (χ2n) is 4.34. The zero-order valence-corrected chi connectivity index (χ0v) is 12.6. The Hall–Kier alpha value is -2.21. The van der Waals surface area contributed by atoms with Gasteiger partial charge in [-0.05, 0) is 40.2 Å². The summed E-state index contributed by atoms with van der Waals surface area (Å²) in [7, 11) is 0. The van der Waals surface area contributed by atoms with Gasteiger partial charge < -0.3 is 19.5 Å². The van der Waals surface area contributed by atoms with E-state index in [1.807, 2.05) is 18.2 Å². The average molecular weight is 350 g/mol. The molecule has 0 bridgehead atoms. The lowest BCUT2D eigenvalue weighted by Crippen LogP contribution is -2.20. The molecule has 3 rings (SSSR count). The summed E-state index contributed by atoms with van der Waals surface area (Å²) >= 11 is 3.36. The standard InChI is InChI=1S/C15H12BrNO4/c16-11-3-1-2-4-12(11)19-8-15(18)17-10-5-6-13-14(7-10)21-9-20-13/h1-7H,8-9H2,(H,17,18). The molecule has 1 aliphatic heterocycles. The molecular weight excluding hydrogens is 338 g/mol. The van der Waals surface area contributed by atoms with Gasteiger partial charge in [-0.1, -0.05) is 12.1 Å². The van der Waals surface area contributed by atoms with Crippen LogP contribution in [-0.4, -0.2) is 19.3 Å². The molecule has 0 aromatic heterocycles. The van der Waals surface area contributed by atoms with Crippen LogP contribution in [0.5, 0.6) is 17.2 Å². The van der Waals surface area contributed by atoms with Crippen LogP contribution in [0.3, 0.4) is 0 Å². The van der Waals surface area contributed by atoms with Crippen molar-refractivity contribution < 1.29 is 19.0 Å². The Balaban J connectivity index is 1.58. The highest BCUT2D eigenvalue weighted by Gasteiger charge is 2.14. The Morgan fingerprint density at radius 1 is 1.19 bits per heavy atom. The molecule has 0 fully saturated rings. The highest BCUT2D eigenvalue weighted by Crippen LogP contribution is 2.34. The number of rotatable bonds is 4. The third-order valence-corrected chi connectivity index (χ3v) is 3.51. The highest BCUT2D eigenvalue weighted by molar-refractivity contribution is 9.10. The first-order chi connectivity index (χ1) is 10.2. The first-order valence-corrected chi connectivity index (χ1v) is 7.08. The van der Waals surface area contributed by atoms with Gasteiger partial charge in [-0.2, -0.15) is 0 Å². The molecule has 0 atom stereocenters. The molecule has 0 spiro atoms. The normalized spacial score (nSPS) is 12.0. The molecule has 0 aliphatic carbocycles. The summed E-state index contributed by atoms with van der Waals surface area (Å²) in [4.78, 5) is 11.9. The number of halogens is 1. The smallest absolute Gasteiger partial charge is 0.262 e. The molecule has 1 amide bonds. The lowest BCUT2D eigenvalue weighted by molar-refractivity contribution is -0.118. The number of hydrogen-bond donors (Lipinski definition) is 1. The number of para-hydroxylation sites is 1. The maximum Gasteiger partial charge on any atom is 0.262 e. The molecule has 0 radical (unpaired) electrons. The van der Waals surface area contributed by atoms with Gasteiger partial charge in [-0.15, -0.1) is 0 Å². The van der Waals surface area contributed by atoms with Crippen molar-refractivity contribution in [3.05, 3.63) is 46.9 Å². The minimum Gasteiger partial charge on any atom is -0.483 e. The largest absolute Gasteiger partial charge is 0.483 e. The predicted octanol–water partition coefficient (Wildman–Crippen LogP) is 3.20. The molecule has 5 nitrogen and oxygen atoms in total. The van der Waals surface area contributed by atoms with Crippen molar-refractivity contribution in [1.29, 1.82) is 0 Å². The Kier molecular flexibility index (Phi) is 3.96. The summed E-state index contributed by atoms with van der Waals surface area (Å²) < 4.78 is 16.7. The minimum atomic E-state index is -0.246. The fourth-order valence-electron chi connectivity index (χ4n) is 1.88. The molecule has 0 saturated heterocycles. The summed E-state index contributed by atoms with van der Waals surface area (Å²) in [5.41, 5.74) is 0.639. The van der Waals surface area contributed by atoms with Crippen LogP contribution in [0.2, 0.25) is 0 Å². The summed E-state index contributed by atoms with van der Waals surface area (Å²) in [5.74, 6) is 1.68. The van der Waals surface area contributed by atoms with E-state index in [-0.39, 0.29) is 19.3 Å². The summed E-state index contributed by atoms with van der Waals surface area (Å²) in [5, 5.41) is 2.75. The van der Waals surface area contributed by atoms with Crippen LogP contribution >= 0.6 is 15.9 Å². The van der Waals surface area contributed by atoms with E-state index in [2.05, 4.69) is 21.2 Å². The van der Waals surface area contributed by atoms with Crippen LogP contribution in [0.25, 0.3) is 0 Å². The highest BCUT2D eigenvalue weighted by atomic mass is 79.9. The molecule has 108 valence electrons. The van der Waals surface area contributed by atoms with Gasteiger partial charge in [0.25, 0.3) is 5.91 Å². The molecule has 0 unspecified atom stereocenters. The summed E-state index contributed by atoms with van der Waals surface area (Å²) in [6.07, 6.45) is 0. The van der Waals surface area contributed by atoms with E-state index < -0.39 is 0 Å². The van der Waals surface area contributed by atoms with Crippen molar-refractivity contribution >= 4 is 27.5 Å². The number of fused-ring (bicyclic) bond motifs is 1. The molecule has 1 aliphatic rings. The molecule has 6 heteroatoms. The van der Waals surface area contributed by atoms with E-state index in [1.54, 1.807) is 24.3 Å². The molecule has 1 N–H and O–H groups in total. The summed E-state index contributed by atoms with van der Waals surface area (Å²) in [6, 6.07) is 12.6. The van der Waals surface area contributed by atoms with Crippen molar-refractivity contribution in [1.82, 2.24) is 0 Å². The number of benzene rings is 2. The predicted molar refractivity (Wildman–Crippen MR) is 80.8 cm³/mol. The van der Waals surface area contributed by atoms with E-state index in [4.69, 9.17) is 14.2 Å². The third-order valence-electron chi connectivity index (χ3n) is 2.85. The van der Waals surface area contributed by atoms with Crippen LogP contribution in [0.15, 0.2) is 46.9 Å². The van der Waals surface area contributed by atoms with E-state index in [9.17, 15) is 4.79 Å². The van der Waals surface area contributed by atoms with Crippen LogP contribution in [-0.2, 0) is 4.79 Å². The number of anilines is 1. The third kappa shape index (κ3) is 3.28. The number of carbonyl (C=O) groups excluding carboxylic acids is 1. The van der Waals surface area contributed by atoms with E-state index >= 15 is 0 Å². The number of hydrogen-bond acceptors (Lipinski definition) is 4. The fourth-order valence-corrected chi connectivity index (χ4v) is 2.28. The lowest BCUT2D eigenvalue weighted by atomic mass is 10.3. The first kappa shape index (κ1) is 13.8. The molecule has 2 aromatic carbocycles. The van der Waals surface area contributed by atoms with Crippen LogP contribution in [0.4, 0.5) is 5.69 Å². The van der Waals surface area contributed by atoms with Crippen molar-refractivity contribution in [2.45, 2.75) is 0 Å². The average Bonchev–Trinajstić information content (AvgIpc) is 2.94. The maximum atomic E-state index is 11.9. The Morgan fingerprint density at radius 3 is 2.86 bits per heavy atom. The molecule has 21 heavy (non-hydrogen) atoms. The van der Waals surface area contributed by atoms with E-state index in [1.165, 1.54) is 0 Å². The Bertz CT molecular complexity index is 674. The lowest BCUT2D eigenvalue weighted by Gasteiger charge is -2.09. The van der Waals surface area contributed by atoms with Crippen LogP contribution in [0, 0.1) is 0 Å². The van der Waals surface area contributed by atoms with Gasteiger partial charge in [0.2, 0.25) is 6.79 Å². The van der Waals surface area contributed by atoms with Gasteiger partial charge in [0.1, 0.15) is 5.75 Å². The van der Waals surface area contributed by atoms with Gasteiger partial charge in [0, 0.05) is 11.8 Å². The van der Waals surface area contributed by atoms with Crippen molar-refractivity contribution in [3.8, 4) is 17.2 Å². The number of amides is 1. The van der Waals surface area contributed by atoms with Gasteiger partial charge in [0.05, 0.1) is 4.47 Å². The minimum absolute atomic E-state index is 0.0724. The second kappa shape index (κ2) is 6.05. The van der Waals surface area contributed by atoms with E-state index in [0.29, 0.717) is 22.9 Å². The van der Waals surface area contributed by atoms with Crippen molar-refractivity contribution in [2.75, 3.05) is 18.7 Å². The first-order valence-electron chi connectivity index (χ1n) is 6.29. The molecule has 1 heterocycles. The summed E-state index contributed by atoms with van der Waals surface area (Å²) in [6.45, 7) is 0.134. The maximum absolute atomic E-state index is 11.9. The number of nitrogens with one attached hydrogen (secondary N) is 1.